The number of amides is 1. The standard InChI is InChI=1S/C22H25ClFN5O2/c1-13(2)28-7-5-14(6-8-28)11-25-22(31)16-12-26-29-20(30)10-19(27-21(16)29)15-3-4-18(24)17(23)9-15/h3-4,9-10,12-14,30H,5-8,11H2,1-2H3,(H,25,31). The van der Waals surface area contributed by atoms with Crippen LogP contribution in [0.25, 0.3) is 16.9 Å². The largest absolute Gasteiger partial charge is 0.493 e. The maximum atomic E-state index is 13.5. The summed E-state index contributed by atoms with van der Waals surface area (Å²) < 4.78 is 14.7. The van der Waals surface area contributed by atoms with E-state index >= 15 is 0 Å². The molecule has 2 N–H and O–H groups in total. The zero-order chi connectivity index (χ0) is 22.1. The van der Waals surface area contributed by atoms with Gasteiger partial charge >= 0.3 is 0 Å². The Balaban J connectivity index is 1.52. The number of halogens is 2. The van der Waals surface area contributed by atoms with Gasteiger partial charge in [0.2, 0.25) is 5.88 Å². The molecule has 9 heteroatoms. The van der Waals surface area contributed by atoms with Crippen molar-refractivity contribution >= 4 is 23.2 Å². The van der Waals surface area contributed by atoms with Gasteiger partial charge in [0.05, 0.1) is 16.9 Å². The summed E-state index contributed by atoms with van der Waals surface area (Å²) in [6.07, 6.45) is 3.48. The summed E-state index contributed by atoms with van der Waals surface area (Å²) in [5.74, 6) is -0.582. The molecule has 1 saturated heterocycles. The van der Waals surface area contributed by atoms with Crippen LogP contribution in [-0.4, -0.2) is 56.2 Å². The van der Waals surface area contributed by atoms with Crippen molar-refractivity contribution in [3.8, 4) is 17.1 Å². The summed E-state index contributed by atoms with van der Waals surface area (Å²) in [7, 11) is 0. The monoisotopic (exact) mass is 445 g/mol. The van der Waals surface area contributed by atoms with Crippen LogP contribution in [0.2, 0.25) is 5.02 Å². The summed E-state index contributed by atoms with van der Waals surface area (Å²) in [5.41, 5.74) is 1.38. The van der Waals surface area contributed by atoms with E-state index in [9.17, 15) is 14.3 Å². The van der Waals surface area contributed by atoms with Gasteiger partial charge in [-0.3, -0.25) is 4.79 Å². The molecule has 7 nitrogen and oxygen atoms in total. The Morgan fingerprint density at radius 2 is 2.06 bits per heavy atom. The summed E-state index contributed by atoms with van der Waals surface area (Å²) in [6.45, 7) is 7.05. The number of benzene rings is 1. The second kappa shape index (κ2) is 8.80. The summed E-state index contributed by atoms with van der Waals surface area (Å²) >= 11 is 5.87. The van der Waals surface area contributed by atoms with Crippen molar-refractivity contribution in [2.45, 2.75) is 32.7 Å². The molecular formula is C22H25ClFN5O2. The van der Waals surface area contributed by atoms with Gasteiger partial charge in [-0.1, -0.05) is 11.6 Å². The predicted octanol–water partition coefficient (Wildman–Crippen LogP) is 3.74. The first-order valence-corrected chi connectivity index (χ1v) is 10.8. The van der Waals surface area contributed by atoms with Crippen molar-refractivity contribution in [2.24, 2.45) is 5.92 Å². The van der Waals surface area contributed by atoms with E-state index in [1.807, 2.05) is 0 Å². The van der Waals surface area contributed by atoms with E-state index in [2.05, 4.69) is 34.1 Å². The Morgan fingerprint density at radius 1 is 1.32 bits per heavy atom. The predicted molar refractivity (Wildman–Crippen MR) is 117 cm³/mol. The van der Waals surface area contributed by atoms with Gasteiger partial charge in [-0.2, -0.15) is 9.61 Å². The van der Waals surface area contributed by atoms with Gasteiger partial charge in [0.25, 0.3) is 5.91 Å². The molecule has 0 atom stereocenters. The Hall–Kier alpha value is -2.71. The normalized spacial score (nSPS) is 15.6. The minimum atomic E-state index is -0.542. The van der Waals surface area contributed by atoms with E-state index in [1.54, 1.807) is 0 Å². The molecule has 0 bridgehead atoms. The molecule has 0 unspecified atom stereocenters. The Labute approximate surface area is 184 Å². The fourth-order valence-electron chi connectivity index (χ4n) is 3.92. The Bertz CT molecular complexity index is 1110. The molecule has 2 aromatic heterocycles. The minimum absolute atomic E-state index is 0.0475. The lowest BCUT2D eigenvalue weighted by molar-refractivity contribution is 0.0931. The summed E-state index contributed by atoms with van der Waals surface area (Å²) in [4.78, 5) is 19.7. The SMILES string of the molecule is CC(C)N1CCC(CNC(=O)c2cnn3c(O)cc(-c4ccc(F)c(Cl)c4)nc23)CC1. The van der Waals surface area contributed by atoms with Crippen LogP contribution in [0.4, 0.5) is 4.39 Å². The second-order valence-corrected chi connectivity index (χ2v) is 8.61. The van der Waals surface area contributed by atoms with Crippen molar-refractivity contribution in [3.05, 3.63) is 46.9 Å². The number of nitrogens with one attached hydrogen (secondary N) is 1. The smallest absolute Gasteiger partial charge is 0.256 e. The number of likely N-dealkylation sites (tertiary alicyclic amines) is 1. The van der Waals surface area contributed by atoms with Gasteiger partial charge in [-0.15, -0.1) is 0 Å². The van der Waals surface area contributed by atoms with E-state index < -0.39 is 5.82 Å². The molecule has 1 fully saturated rings. The molecule has 164 valence electrons. The summed E-state index contributed by atoms with van der Waals surface area (Å²) in [5, 5.41) is 17.4. The topological polar surface area (TPSA) is 82.8 Å². The number of carbonyl (C=O) groups excluding carboxylic acids is 1. The highest BCUT2D eigenvalue weighted by atomic mass is 35.5. The van der Waals surface area contributed by atoms with Crippen LogP contribution in [-0.2, 0) is 0 Å². The number of hydrogen-bond donors (Lipinski definition) is 2. The Morgan fingerprint density at radius 3 is 2.74 bits per heavy atom. The van der Waals surface area contributed by atoms with Crippen LogP contribution in [0.3, 0.4) is 0 Å². The van der Waals surface area contributed by atoms with Gasteiger partial charge in [0.1, 0.15) is 11.4 Å². The fraction of sp³-hybridized carbons (Fsp3) is 0.409. The van der Waals surface area contributed by atoms with Gasteiger partial charge in [-0.25, -0.2) is 9.37 Å². The van der Waals surface area contributed by atoms with E-state index in [-0.39, 0.29) is 28.0 Å². The van der Waals surface area contributed by atoms with Crippen LogP contribution in [0.1, 0.15) is 37.0 Å². The average molecular weight is 446 g/mol. The molecule has 0 radical (unpaired) electrons. The van der Waals surface area contributed by atoms with Crippen molar-refractivity contribution < 1.29 is 14.3 Å². The molecule has 1 aliphatic rings. The lowest BCUT2D eigenvalue weighted by Gasteiger charge is -2.34. The molecule has 1 amide bonds. The first-order chi connectivity index (χ1) is 14.8. The van der Waals surface area contributed by atoms with Crippen LogP contribution < -0.4 is 5.32 Å². The van der Waals surface area contributed by atoms with Crippen LogP contribution in [0.15, 0.2) is 30.5 Å². The molecule has 4 rings (SSSR count). The maximum Gasteiger partial charge on any atom is 0.256 e. The number of aromatic nitrogens is 3. The third kappa shape index (κ3) is 4.50. The van der Waals surface area contributed by atoms with E-state index in [4.69, 9.17) is 11.6 Å². The number of fused-ring (bicyclic) bond motifs is 1. The first-order valence-electron chi connectivity index (χ1n) is 10.4. The van der Waals surface area contributed by atoms with Crippen molar-refractivity contribution in [1.82, 2.24) is 24.8 Å². The first kappa shape index (κ1) is 21.5. The number of carbonyl (C=O) groups is 1. The van der Waals surface area contributed by atoms with E-state index in [1.165, 1.54) is 35.0 Å². The van der Waals surface area contributed by atoms with Crippen LogP contribution in [0.5, 0.6) is 5.88 Å². The van der Waals surface area contributed by atoms with E-state index in [0.717, 1.165) is 25.9 Å². The highest BCUT2D eigenvalue weighted by Gasteiger charge is 2.23. The highest BCUT2D eigenvalue weighted by molar-refractivity contribution is 6.31. The number of nitrogens with zero attached hydrogens (tertiary/aromatic N) is 4. The van der Waals surface area contributed by atoms with Gasteiger partial charge in [-0.05, 0) is 63.9 Å². The van der Waals surface area contributed by atoms with Crippen molar-refractivity contribution in [2.75, 3.05) is 19.6 Å². The molecule has 0 spiro atoms. The highest BCUT2D eigenvalue weighted by Crippen LogP contribution is 2.27. The molecule has 0 saturated carbocycles. The van der Waals surface area contributed by atoms with Gasteiger partial charge in [0.15, 0.2) is 5.65 Å². The van der Waals surface area contributed by atoms with E-state index in [0.29, 0.717) is 29.8 Å². The van der Waals surface area contributed by atoms with Crippen molar-refractivity contribution in [3.63, 3.8) is 0 Å². The van der Waals surface area contributed by atoms with Crippen LogP contribution >= 0.6 is 11.6 Å². The third-order valence-corrected chi connectivity index (χ3v) is 6.13. The maximum absolute atomic E-state index is 13.5. The quantitative estimate of drug-likeness (QED) is 0.625. The average Bonchev–Trinajstić information content (AvgIpc) is 3.19. The molecule has 3 heterocycles. The fourth-order valence-corrected chi connectivity index (χ4v) is 4.10. The van der Waals surface area contributed by atoms with Crippen LogP contribution in [0, 0.1) is 11.7 Å². The third-order valence-electron chi connectivity index (χ3n) is 5.84. The molecule has 1 aromatic carbocycles. The van der Waals surface area contributed by atoms with Gasteiger partial charge < -0.3 is 15.3 Å². The second-order valence-electron chi connectivity index (χ2n) is 8.21. The lowest BCUT2D eigenvalue weighted by atomic mass is 9.96. The molecule has 0 aliphatic carbocycles. The number of piperidine rings is 1. The number of hydrogen-bond acceptors (Lipinski definition) is 5. The van der Waals surface area contributed by atoms with Gasteiger partial charge in [0, 0.05) is 24.2 Å². The molecular weight excluding hydrogens is 421 g/mol. The molecule has 3 aromatic rings. The van der Waals surface area contributed by atoms with Crippen molar-refractivity contribution in [1.29, 1.82) is 0 Å². The number of aromatic hydroxyl groups is 1. The zero-order valence-corrected chi connectivity index (χ0v) is 18.2. The minimum Gasteiger partial charge on any atom is -0.493 e. The molecule has 31 heavy (non-hydrogen) atoms. The lowest BCUT2D eigenvalue weighted by Crippen LogP contribution is -2.41. The summed E-state index contributed by atoms with van der Waals surface area (Å²) in [6, 6.07) is 6.11. The molecule has 1 aliphatic heterocycles. The Kier molecular flexibility index (Phi) is 6.11. The number of rotatable bonds is 5. The zero-order valence-electron chi connectivity index (χ0n) is 17.5.